The van der Waals surface area contributed by atoms with Crippen LogP contribution in [0.4, 0.5) is 5.69 Å². The molecule has 2 aromatic carbocycles. The Balaban J connectivity index is 2.52. The van der Waals surface area contributed by atoms with Gasteiger partial charge in [-0.2, -0.15) is 4.73 Å². The number of hydrogen-bond acceptors (Lipinski definition) is 3. The van der Waals surface area contributed by atoms with Crippen molar-refractivity contribution in [3.05, 3.63) is 62.8 Å². The Morgan fingerprint density at radius 2 is 1.74 bits per heavy atom. The Morgan fingerprint density at radius 1 is 1.05 bits per heavy atom. The van der Waals surface area contributed by atoms with E-state index in [4.69, 9.17) is 11.6 Å². The predicted octanol–water partition coefficient (Wildman–Crippen LogP) is 3.19. The second-order valence-electron chi connectivity index (χ2n) is 4.08. The number of rotatable bonds is 1. The molecule has 0 amide bonds. The van der Waals surface area contributed by atoms with Crippen molar-refractivity contribution in [2.24, 2.45) is 0 Å². The van der Waals surface area contributed by atoms with Crippen molar-refractivity contribution >= 4 is 39.1 Å². The molecule has 0 spiro atoms. The van der Waals surface area contributed by atoms with Crippen molar-refractivity contribution in [1.82, 2.24) is 0 Å². The van der Waals surface area contributed by atoms with Crippen LogP contribution >= 0.6 is 11.6 Å². The lowest BCUT2D eigenvalue weighted by atomic mass is 10.1. The fraction of sp³-hybridized carbons (Fsp3) is 0. The topological polar surface area (TPSA) is 70.1 Å². The summed E-state index contributed by atoms with van der Waals surface area (Å²) in [5.41, 5.74) is 0.446. The monoisotopic (exact) mass is 274 g/mol. The van der Waals surface area contributed by atoms with Gasteiger partial charge in [0.1, 0.15) is 0 Å². The Morgan fingerprint density at radius 3 is 2.47 bits per heavy atom. The number of hydrogen-bond donors (Lipinski definition) is 0. The zero-order valence-corrected chi connectivity index (χ0v) is 10.3. The van der Waals surface area contributed by atoms with Gasteiger partial charge in [-0.25, -0.2) is 0 Å². The van der Waals surface area contributed by atoms with Crippen LogP contribution < -0.4 is 4.73 Å². The van der Waals surface area contributed by atoms with Gasteiger partial charge in [-0.3, -0.25) is 10.1 Å². The highest BCUT2D eigenvalue weighted by molar-refractivity contribution is 6.39. The molecule has 0 saturated heterocycles. The van der Waals surface area contributed by atoms with Crippen LogP contribution in [0.1, 0.15) is 0 Å². The number of pyridine rings is 1. The normalized spacial score (nSPS) is 11.0. The summed E-state index contributed by atoms with van der Waals surface area (Å²) in [6, 6.07) is 10.9. The summed E-state index contributed by atoms with van der Waals surface area (Å²) >= 11 is 6.26. The number of para-hydroxylation sites is 1. The number of aromatic nitrogens is 1. The molecule has 0 aliphatic carbocycles. The molecule has 0 N–H and O–H groups in total. The van der Waals surface area contributed by atoms with Crippen LogP contribution in [0.3, 0.4) is 0 Å². The predicted molar refractivity (Wildman–Crippen MR) is 72.1 cm³/mol. The van der Waals surface area contributed by atoms with Crippen LogP contribution in [0, 0.1) is 15.3 Å². The summed E-state index contributed by atoms with van der Waals surface area (Å²) in [7, 11) is 0. The van der Waals surface area contributed by atoms with Gasteiger partial charge in [0, 0.05) is 12.1 Å². The fourth-order valence-corrected chi connectivity index (χ4v) is 2.42. The number of fused-ring (bicyclic) bond motifs is 2. The molecule has 0 unspecified atom stereocenters. The van der Waals surface area contributed by atoms with Crippen LogP contribution in [0.5, 0.6) is 0 Å². The van der Waals surface area contributed by atoms with Crippen molar-refractivity contribution in [2.75, 3.05) is 0 Å². The smallest absolute Gasteiger partial charge is 0.276 e. The Bertz CT molecular complexity index is 833. The van der Waals surface area contributed by atoms with Crippen LogP contribution in [0.15, 0.2) is 42.5 Å². The molecule has 0 radical (unpaired) electrons. The Hall–Kier alpha value is -2.40. The number of nitro groups is 1. The number of nitro benzene ring substituents is 1. The summed E-state index contributed by atoms with van der Waals surface area (Å²) in [6.07, 6.45) is 0. The molecule has 3 rings (SSSR count). The van der Waals surface area contributed by atoms with Crippen LogP contribution in [0.2, 0.25) is 5.02 Å². The van der Waals surface area contributed by atoms with Gasteiger partial charge in [0.2, 0.25) is 11.0 Å². The van der Waals surface area contributed by atoms with Gasteiger partial charge in [0.05, 0.1) is 26.8 Å². The van der Waals surface area contributed by atoms with Crippen LogP contribution in [-0.4, -0.2) is 4.92 Å². The molecule has 0 saturated carbocycles. The first-order chi connectivity index (χ1) is 9.09. The molecule has 1 aromatic heterocycles. The molecule has 3 aromatic rings. The summed E-state index contributed by atoms with van der Waals surface area (Å²) < 4.78 is 0.670. The van der Waals surface area contributed by atoms with E-state index >= 15 is 0 Å². The second-order valence-corrected chi connectivity index (χ2v) is 4.46. The first kappa shape index (κ1) is 11.7. The van der Waals surface area contributed by atoms with E-state index in [-0.39, 0.29) is 11.2 Å². The van der Waals surface area contributed by atoms with E-state index in [1.807, 2.05) is 0 Å². The minimum absolute atomic E-state index is 0.136. The maximum Gasteiger partial charge on any atom is 0.276 e. The molecular weight excluding hydrogens is 268 g/mol. The quantitative estimate of drug-likeness (QED) is 0.225. The molecule has 94 valence electrons. The summed E-state index contributed by atoms with van der Waals surface area (Å²) in [5, 5.41) is 24.6. The van der Waals surface area contributed by atoms with E-state index in [1.165, 1.54) is 18.2 Å². The highest BCUT2D eigenvalue weighted by Crippen LogP contribution is 2.30. The summed E-state index contributed by atoms with van der Waals surface area (Å²) in [5.74, 6) is 0. The maximum absolute atomic E-state index is 12.3. The molecular formula is C13H7ClN2O3. The van der Waals surface area contributed by atoms with E-state index < -0.39 is 4.92 Å². The van der Waals surface area contributed by atoms with Gasteiger partial charge in [0.25, 0.3) is 5.69 Å². The van der Waals surface area contributed by atoms with Crippen LogP contribution in [0.25, 0.3) is 21.8 Å². The second kappa shape index (κ2) is 4.07. The largest absolute Gasteiger partial charge is 0.618 e. The zero-order valence-electron chi connectivity index (χ0n) is 9.54. The summed E-state index contributed by atoms with van der Waals surface area (Å²) in [4.78, 5) is 10.2. The third-order valence-corrected chi connectivity index (χ3v) is 3.41. The van der Waals surface area contributed by atoms with Gasteiger partial charge >= 0.3 is 0 Å². The highest BCUT2D eigenvalue weighted by atomic mass is 35.5. The fourth-order valence-electron chi connectivity index (χ4n) is 2.10. The SMILES string of the molecule is O=[N+]([O-])c1ccc2c(Cl)c3ccccc3[n+]([O-])c2c1. The molecule has 0 aliphatic rings. The van der Waals surface area contributed by atoms with E-state index in [9.17, 15) is 15.3 Å². The lowest BCUT2D eigenvalue weighted by Crippen LogP contribution is -2.28. The number of non-ortho nitro benzene ring substituents is 1. The minimum atomic E-state index is -0.539. The van der Waals surface area contributed by atoms with Crippen molar-refractivity contribution in [3.63, 3.8) is 0 Å². The molecule has 19 heavy (non-hydrogen) atoms. The zero-order chi connectivity index (χ0) is 13.6. The van der Waals surface area contributed by atoms with Crippen LogP contribution in [-0.2, 0) is 0 Å². The van der Waals surface area contributed by atoms with Gasteiger partial charge < -0.3 is 5.21 Å². The third kappa shape index (κ3) is 1.67. The first-order valence-corrected chi connectivity index (χ1v) is 5.85. The number of benzene rings is 2. The number of halogens is 1. The van der Waals surface area contributed by atoms with Gasteiger partial charge in [-0.05, 0) is 12.1 Å². The molecule has 5 nitrogen and oxygen atoms in total. The molecule has 0 atom stereocenters. The van der Waals surface area contributed by atoms with E-state index in [0.29, 0.717) is 26.0 Å². The molecule has 0 bridgehead atoms. The standard InChI is InChI=1S/C13H7ClN2O3/c14-13-9-3-1-2-4-11(9)15(17)12-7-8(16(18)19)5-6-10(12)13/h1-7H. The highest BCUT2D eigenvalue weighted by Gasteiger charge is 2.18. The Kier molecular flexibility index (Phi) is 2.50. The lowest BCUT2D eigenvalue weighted by Gasteiger charge is -2.07. The average Bonchev–Trinajstić information content (AvgIpc) is 2.44. The van der Waals surface area contributed by atoms with E-state index in [0.717, 1.165) is 0 Å². The molecule has 0 fully saturated rings. The third-order valence-electron chi connectivity index (χ3n) is 3.01. The summed E-state index contributed by atoms with van der Waals surface area (Å²) in [6.45, 7) is 0. The lowest BCUT2D eigenvalue weighted by molar-refractivity contribution is -0.548. The van der Waals surface area contributed by atoms with Crippen molar-refractivity contribution in [3.8, 4) is 0 Å². The molecule has 1 heterocycles. The van der Waals surface area contributed by atoms with Crippen molar-refractivity contribution < 1.29 is 9.65 Å². The number of nitrogens with zero attached hydrogens (tertiary/aromatic N) is 2. The van der Waals surface area contributed by atoms with E-state index in [1.54, 1.807) is 24.3 Å². The van der Waals surface area contributed by atoms with Crippen molar-refractivity contribution in [2.45, 2.75) is 0 Å². The first-order valence-electron chi connectivity index (χ1n) is 5.47. The average molecular weight is 275 g/mol. The van der Waals surface area contributed by atoms with Gasteiger partial charge in [-0.15, -0.1) is 0 Å². The van der Waals surface area contributed by atoms with Crippen molar-refractivity contribution in [1.29, 1.82) is 0 Å². The van der Waals surface area contributed by atoms with E-state index in [2.05, 4.69) is 0 Å². The maximum atomic E-state index is 12.3. The molecule has 6 heteroatoms. The molecule has 0 aliphatic heterocycles. The van der Waals surface area contributed by atoms with Gasteiger partial charge in [0.15, 0.2) is 0 Å². The van der Waals surface area contributed by atoms with Gasteiger partial charge in [-0.1, -0.05) is 23.7 Å². The Labute approximate surface area is 112 Å². The minimum Gasteiger partial charge on any atom is -0.618 e.